The van der Waals surface area contributed by atoms with E-state index in [1.165, 1.54) is 22.3 Å². The van der Waals surface area contributed by atoms with E-state index in [0.717, 1.165) is 37.6 Å². The first kappa shape index (κ1) is 22.4. The summed E-state index contributed by atoms with van der Waals surface area (Å²) in [5.41, 5.74) is 5.25. The summed E-state index contributed by atoms with van der Waals surface area (Å²) in [5.74, 6) is 1.55. The average molecular weight is 428 g/mol. The van der Waals surface area contributed by atoms with Crippen molar-refractivity contribution in [3.63, 3.8) is 0 Å². The van der Waals surface area contributed by atoms with Crippen LogP contribution in [0.2, 0.25) is 0 Å². The lowest BCUT2D eigenvalue weighted by Gasteiger charge is -2.38. The molecule has 3 rings (SSSR count). The maximum absolute atomic E-state index is 5.60. The molecule has 0 spiro atoms. The van der Waals surface area contributed by atoms with E-state index < -0.39 is 0 Å². The lowest BCUT2D eigenvalue weighted by atomic mass is 9.91. The van der Waals surface area contributed by atoms with Gasteiger partial charge in [0.25, 0.3) is 0 Å². The Balaban J connectivity index is 1.91. The minimum Gasteiger partial charge on any atom is -0.493 e. The van der Waals surface area contributed by atoms with Crippen LogP contribution in [0, 0.1) is 6.92 Å². The second-order valence-electron chi connectivity index (χ2n) is 8.08. The molecule has 6 heteroatoms. The van der Waals surface area contributed by atoms with Crippen molar-refractivity contribution in [3.8, 4) is 11.5 Å². The smallest absolute Gasteiger partial charge is 0.166 e. The van der Waals surface area contributed by atoms with Crippen molar-refractivity contribution in [1.82, 2.24) is 15.5 Å². The highest BCUT2D eigenvalue weighted by Crippen LogP contribution is 2.38. The van der Waals surface area contributed by atoms with Crippen molar-refractivity contribution in [2.45, 2.75) is 45.8 Å². The summed E-state index contributed by atoms with van der Waals surface area (Å²) in [6, 6.07) is 13.3. The van der Waals surface area contributed by atoms with Gasteiger partial charge in [-0.25, -0.2) is 0 Å². The molecule has 0 aromatic heterocycles. The van der Waals surface area contributed by atoms with Gasteiger partial charge in [-0.15, -0.1) is 0 Å². The number of ether oxygens (including phenoxy) is 2. The Bertz CT molecular complexity index is 885. The molecule has 0 aliphatic carbocycles. The highest BCUT2D eigenvalue weighted by molar-refractivity contribution is 7.80. The van der Waals surface area contributed by atoms with Crippen LogP contribution in [-0.2, 0) is 13.0 Å². The molecule has 1 aliphatic heterocycles. The third-order valence-electron chi connectivity index (χ3n) is 5.62. The van der Waals surface area contributed by atoms with E-state index in [1.54, 1.807) is 14.2 Å². The molecular formula is C24H33N3O2S. The SMILES string of the molecule is COc1cc2c(cc1OC)C(CNC(=S)NC(C)C)N(Cc1ccccc1C)CC2. The monoisotopic (exact) mass is 427 g/mol. The van der Waals surface area contributed by atoms with Crippen LogP contribution in [0.5, 0.6) is 11.5 Å². The van der Waals surface area contributed by atoms with Gasteiger partial charge in [-0.05, 0) is 73.8 Å². The Morgan fingerprint density at radius 3 is 2.53 bits per heavy atom. The van der Waals surface area contributed by atoms with Gasteiger partial charge < -0.3 is 20.1 Å². The summed E-state index contributed by atoms with van der Waals surface area (Å²) < 4.78 is 11.1. The first-order valence-electron chi connectivity index (χ1n) is 10.5. The highest BCUT2D eigenvalue weighted by Gasteiger charge is 2.29. The van der Waals surface area contributed by atoms with E-state index in [0.29, 0.717) is 11.2 Å². The Morgan fingerprint density at radius 1 is 1.17 bits per heavy atom. The molecule has 0 bridgehead atoms. The molecule has 0 amide bonds. The van der Waals surface area contributed by atoms with Gasteiger partial charge in [0.15, 0.2) is 16.6 Å². The van der Waals surface area contributed by atoms with E-state index in [4.69, 9.17) is 21.7 Å². The molecule has 30 heavy (non-hydrogen) atoms. The number of rotatable bonds is 7. The van der Waals surface area contributed by atoms with Crippen LogP contribution in [0.4, 0.5) is 0 Å². The lowest BCUT2D eigenvalue weighted by Crippen LogP contribution is -2.45. The predicted octanol–water partition coefficient (Wildman–Crippen LogP) is 3.98. The van der Waals surface area contributed by atoms with E-state index in [9.17, 15) is 0 Å². The minimum atomic E-state index is 0.181. The third kappa shape index (κ3) is 5.24. The fourth-order valence-electron chi connectivity index (χ4n) is 4.02. The van der Waals surface area contributed by atoms with Gasteiger partial charge in [0.2, 0.25) is 0 Å². The van der Waals surface area contributed by atoms with Crippen molar-refractivity contribution in [3.05, 3.63) is 58.7 Å². The number of methoxy groups -OCH3 is 2. The second kappa shape index (κ2) is 10.1. The zero-order valence-corrected chi connectivity index (χ0v) is 19.4. The largest absolute Gasteiger partial charge is 0.493 e. The quantitative estimate of drug-likeness (QED) is 0.652. The van der Waals surface area contributed by atoms with Crippen LogP contribution in [0.1, 0.15) is 42.1 Å². The van der Waals surface area contributed by atoms with Crippen LogP contribution in [0.3, 0.4) is 0 Å². The van der Waals surface area contributed by atoms with E-state index in [-0.39, 0.29) is 6.04 Å². The molecular weight excluding hydrogens is 394 g/mol. The molecule has 1 unspecified atom stereocenters. The van der Waals surface area contributed by atoms with Gasteiger partial charge in [-0.3, -0.25) is 4.90 Å². The number of nitrogens with zero attached hydrogens (tertiary/aromatic N) is 1. The molecule has 0 saturated carbocycles. The summed E-state index contributed by atoms with van der Waals surface area (Å²) in [6.07, 6.45) is 0.979. The molecule has 2 aromatic carbocycles. The number of hydrogen-bond donors (Lipinski definition) is 2. The highest BCUT2D eigenvalue weighted by atomic mass is 32.1. The number of nitrogens with one attached hydrogen (secondary N) is 2. The molecule has 5 nitrogen and oxygen atoms in total. The van der Waals surface area contributed by atoms with Crippen LogP contribution in [0.15, 0.2) is 36.4 Å². The van der Waals surface area contributed by atoms with Crippen molar-refractivity contribution in [1.29, 1.82) is 0 Å². The molecule has 0 fully saturated rings. The molecule has 1 heterocycles. The fourth-order valence-corrected chi connectivity index (χ4v) is 4.34. The Labute approximate surface area is 185 Å². The lowest BCUT2D eigenvalue weighted by molar-refractivity contribution is 0.175. The second-order valence-corrected chi connectivity index (χ2v) is 8.49. The normalized spacial score (nSPS) is 16.1. The van der Waals surface area contributed by atoms with Gasteiger partial charge in [-0.2, -0.15) is 0 Å². The summed E-state index contributed by atoms with van der Waals surface area (Å²) in [4.78, 5) is 2.53. The minimum absolute atomic E-state index is 0.181. The number of fused-ring (bicyclic) bond motifs is 1. The molecule has 2 N–H and O–H groups in total. The Morgan fingerprint density at radius 2 is 1.87 bits per heavy atom. The predicted molar refractivity (Wildman–Crippen MR) is 126 cm³/mol. The first-order chi connectivity index (χ1) is 14.4. The van der Waals surface area contributed by atoms with Crippen molar-refractivity contribution < 1.29 is 9.47 Å². The van der Waals surface area contributed by atoms with Gasteiger partial charge in [0, 0.05) is 25.7 Å². The van der Waals surface area contributed by atoms with E-state index in [1.807, 2.05) is 0 Å². The Hall–Kier alpha value is -2.31. The summed E-state index contributed by atoms with van der Waals surface area (Å²) in [7, 11) is 3.37. The average Bonchev–Trinajstić information content (AvgIpc) is 2.72. The van der Waals surface area contributed by atoms with Crippen LogP contribution in [-0.4, -0.2) is 43.4 Å². The molecule has 162 valence electrons. The zero-order chi connectivity index (χ0) is 21.7. The van der Waals surface area contributed by atoms with E-state index in [2.05, 4.69) is 72.7 Å². The molecule has 0 radical (unpaired) electrons. The summed E-state index contributed by atoms with van der Waals surface area (Å²) in [5, 5.41) is 7.39. The van der Waals surface area contributed by atoms with Crippen molar-refractivity contribution in [2.24, 2.45) is 0 Å². The topological polar surface area (TPSA) is 45.8 Å². The van der Waals surface area contributed by atoms with Crippen LogP contribution >= 0.6 is 12.2 Å². The first-order valence-corrected chi connectivity index (χ1v) is 10.9. The number of aryl methyl sites for hydroxylation is 1. The molecule has 1 atom stereocenters. The number of thiocarbonyl (C=S) groups is 1. The van der Waals surface area contributed by atoms with Gasteiger partial charge in [-0.1, -0.05) is 24.3 Å². The van der Waals surface area contributed by atoms with Crippen LogP contribution < -0.4 is 20.1 Å². The molecule has 2 aromatic rings. The molecule has 0 saturated heterocycles. The van der Waals surface area contributed by atoms with E-state index >= 15 is 0 Å². The molecule has 1 aliphatic rings. The standard InChI is InChI=1S/C24H33N3O2S/c1-16(2)26-24(30)25-14-21-20-13-23(29-5)22(28-4)12-18(20)10-11-27(21)15-19-9-7-6-8-17(19)3/h6-9,12-13,16,21H,10-11,14-15H2,1-5H3,(H2,25,26,30). The van der Waals surface area contributed by atoms with Crippen LogP contribution in [0.25, 0.3) is 0 Å². The van der Waals surface area contributed by atoms with Crippen molar-refractivity contribution >= 4 is 17.3 Å². The third-order valence-corrected chi connectivity index (χ3v) is 5.89. The maximum Gasteiger partial charge on any atom is 0.166 e. The van der Waals surface area contributed by atoms with Gasteiger partial charge in [0.1, 0.15) is 0 Å². The van der Waals surface area contributed by atoms with Gasteiger partial charge >= 0.3 is 0 Å². The number of benzene rings is 2. The van der Waals surface area contributed by atoms with Gasteiger partial charge in [0.05, 0.1) is 20.3 Å². The Kier molecular flexibility index (Phi) is 7.56. The maximum atomic E-state index is 5.60. The zero-order valence-electron chi connectivity index (χ0n) is 18.6. The summed E-state index contributed by atoms with van der Waals surface area (Å²) in [6.45, 7) is 8.96. The summed E-state index contributed by atoms with van der Waals surface area (Å²) >= 11 is 5.49. The van der Waals surface area contributed by atoms with Crippen molar-refractivity contribution in [2.75, 3.05) is 27.3 Å². The fraction of sp³-hybridized carbons (Fsp3) is 0.458. The number of hydrogen-bond acceptors (Lipinski definition) is 4.